The Hall–Kier alpha value is -1.37. The highest BCUT2D eigenvalue weighted by Crippen LogP contribution is 2.43. The summed E-state index contributed by atoms with van der Waals surface area (Å²) in [7, 11) is 24.9. The van der Waals surface area contributed by atoms with Gasteiger partial charge in [-0.25, -0.2) is 0 Å². The minimum atomic E-state index is -0.961. The monoisotopic (exact) mass is 249 g/mol. The van der Waals surface area contributed by atoms with Crippen LogP contribution in [-0.4, -0.2) is 36.4 Å². The molecule has 0 fully saturated rings. The van der Waals surface area contributed by atoms with Crippen LogP contribution in [0.25, 0.3) is 11.3 Å². The lowest BCUT2D eigenvalue weighted by Crippen LogP contribution is -2.42. The van der Waals surface area contributed by atoms with Crippen molar-refractivity contribution in [3.8, 4) is 11.3 Å². The quantitative estimate of drug-likeness (QED) is 0.698. The molecule has 1 heterocycles. The molecular formula is C15H11B4N. The molecule has 3 rings (SSSR count). The smallest absolute Gasteiger partial charge is 0.0726 e. The Morgan fingerprint density at radius 3 is 2.20 bits per heavy atom. The van der Waals surface area contributed by atoms with Crippen molar-refractivity contribution in [1.82, 2.24) is 4.98 Å². The second-order valence-electron chi connectivity index (χ2n) is 5.53. The van der Waals surface area contributed by atoms with Gasteiger partial charge in [0.25, 0.3) is 0 Å². The van der Waals surface area contributed by atoms with Gasteiger partial charge in [-0.15, -0.1) is 0 Å². The van der Waals surface area contributed by atoms with Gasteiger partial charge in [0.15, 0.2) is 0 Å². The van der Waals surface area contributed by atoms with Gasteiger partial charge < -0.3 is 0 Å². The molecule has 0 bridgehead atoms. The number of rotatable bonds is 1. The standard InChI is InChI=1S/C15H11B4N/c16-14(17)7-8-15(18,19)12-11(14)6-9-20-13(12)10-4-2-1-3-5-10/h1-6,9H,7-8H2. The van der Waals surface area contributed by atoms with E-state index in [0.29, 0.717) is 12.8 Å². The van der Waals surface area contributed by atoms with Crippen molar-refractivity contribution in [3.63, 3.8) is 0 Å². The fourth-order valence-corrected chi connectivity index (χ4v) is 2.81. The van der Waals surface area contributed by atoms with Gasteiger partial charge in [-0.05, 0) is 11.6 Å². The zero-order valence-corrected chi connectivity index (χ0v) is 11.2. The minimum Gasteiger partial charge on any atom is -0.256 e. The van der Waals surface area contributed by atoms with Crippen LogP contribution in [0.5, 0.6) is 0 Å². The molecule has 0 amide bonds. The van der Waals surface area contributed by atoms with E-state index in [4.69, 9.17) is 31.4 Å². The van der Waals surface area contributed by atoms with Crippen LogP contribution in [0.4, 0.5) is 0 Å². The molecule has 20 heavy (non-hydrogen) atoms. The summed E-state index contributed by atoms with van der Waals surface area (Å²) in [4.78, 5) is 4.45. The Morgan fingerprint density at radius 2 is 1.50 bits per heavy atom. The zero-order chi connectivity index (χ0) is 14.4. The lowest BCUT2D eigenvalue weighted by Gasteiger charge is -2.44. The van der Waals surface area contributed by atoms with Crippen LogP contribution < -0.4 is 0 Å². The molecular weight excluding hydrogens is 237 g/mol. The van der Waals surface area contributed by atoms with Crippen LogP contribution in [0.3, 0.4) is 0 Å². The first kappa shape index (κ1) is 13.6. The van der Waals surface area contributed by atoms with Gasteiger partial charge in [-0.2, -0.15) is 0 Å². The van der Waals surface area contributed by atoms with Crippen molar-refractivity contribution in [2.45, 2.75) is 23.3 Å². The predicted molar refractivity (Wildman–Crippen MR) is 85.3 cm³/mol. The summed E-state index contributed by atoms with van der Waals surface area (Å²) in [5, 5.41) is -1.87. The molecule has 5 heteroatoms. The molecule has 1 aliphatic rings. The molecule has 0 atom stereocenters. The van der Waals surface area contributed by atoms with Crippen molar-refractivity contribution >= 4 is 31.4 Å². The Morgan fingerprint density at radius 1 is 0.850 bits per heavy atom. The van der Waals surface area contributed by atoms with E-state index in [9.17, 15) is 0 Å². The Bertz CT molecular complexity index is 638. The van der Waals surface area contributed by atoms with Gasteiger partial charge in [0.2, 0.25) is 0 Å². The van der Waals surface area contributed by atoms with Crippen molar-refractivity contribution in [3.05, 3.63) is 53.7 Å². The zero-order valence-electron chi connectivity index (χ0n) is 11.2. The maximum atomic E-state index is 6.28. The predicted octanol–water partition coefficient (Wildman–Crippen LogP) is 1.52. The first-order valence-electron chi connectivity index (χ1n) is 6.63. The molecule has 2 aromatic rings. The van der Waals surface area contributed by atoms with Crippen molar-refractivity contribution < 1.29 is 0 Å². The first-order chi connectivity index (χ1) is 9.42. The molecule has 88 valence electrons. The summed E-state index contributed by atoms with van der Waals surface area (Å²) in [6.07, 6.45) is 2.78. The van der Waals surface area contributed by atoms with Crippen LogP contribution >= 0.6 is 0 Å². The molecule has 0 saturated carbocycles. The summed E-state index contributed by atoms with van der Waals surface area (Å²) < 4.78 is 0. The van der Waals surface area contributed by atoms with E-state index in [2.05, 4.69) is 4.98 Å². The summed E-state index contributed by atoms with van der Waals surface area (Å²) in [5.74, 6) is 0. The maximum Gasteiger partial charge on any atom is 0.0726 e. The average molecular weight is 249 g/mol. The third-order valence-electron chi connectivity index (χ3n) is 3.92. The number of fused-ring (bicyclic) bond motifs is 1. The summed E-state index contributed by atoms with van der Waals surface area (Å²) in [6, 6.07) is 11.6. The molecule has 1 aromatic carbocycles. The largest absolute Gasteiger partial charge is 0.256 e. The van der Waals surface area contributed by atoms with Gasteiger partial charge in [0.1, 0.15) is 0 Å². The molecule has 0 aliphatic heterocycles. The summed E-state index contributed by atoms with van der Waals surface area (Å²) in [5.41, 5.74) is 3.25. The van der Waals surface area contributed by atoms with Crippen LogP contribution in [0.2, 0.25) is 0 Å². The number of nitrogens with zero attached hydrogens (tertiary/aromatic N) is 1. The van der Waals surface area contributed by atoms with E-state index in [0.717, 1.165) is 22.4 Å². The third kappa shape index (κ3) is 2.13. The van der Waals surface area contributed by atoms with Gasteiger partial charge in [-0.1, -0.05) is 59.2 Å². The van der Waals surface area contributed by atoms with Crippen molar-refractivity contribution in [2.24, 2.45) is 0 Å². The molecule has 0 spiro atoms. The maximum absolute atomic E-state index is 6.28. The average Bonchev–Trinajstić information content (AvgIpc) is 2.44. The van der Waals surface area contributed by atoms with E-state index in [1.165, 1.54) is 0 Å². The fraction of sp³-hybridized carbons (Fsp3) is 0.267. The van der Waals surface area contributed by atoms with Crippen molar-refractivity contribution in [1.29, 1.82) is 0 Å². The highest BCUT2D eigenvalue weighted by atomic mass is 14.7. The minimum absolute atomic E-state index is 0.526. The fourth-order valence-electron chi connectivity index (χ4n) is 2.81. The van der Waals surface area contributed by atoms with Crippen molar-refractivity contribution in [2.75, 3.05) is 0 Å². The number of benzene rings is 1. The van der Waals surface area contributed by atoms with Gasteiger partial charge in [0, 0.05) is 11.8 Å². The number of pyridine rings is 1. The van der Waals surface area contributed by atoms with Gasteiger partial charge >= 0.3 is 0 Å². The van der Waals surface area contributed by atoms with Gasteiger partial charge in [-0.3, -0.25) is 4.98 Å². The lowest BCUT2D eigenvalue weighted by atomic mass is 9.37. The second kappa shape index (κ2) is 4.58. The van der Waals surface area contributed by atoms with E-state index in [1.807, 2.05) is 36.4 Å². The molecule has 0 N–H and O–H groups in total. The second-order valence-corrected chi connectivity index (χ2v) is 5.53. The van der Waals surface area contributed by atoms with E-state index in [-0.39, 0.29) is 0 Å². The number of hydrogen-bond acceptors (Lipinski definition) is 1. The Labute approximate surface area is 125 Å². The third-order valence-corrected chi connectivity index (χ3v) is 3.92. The Balaban J connectivity index is 2.29. The highest BCUT2D eigenvalue weighted by Gasteiger charge is 2.37. The lowest BCUT2D eigenvalue weighted by molar-refractivity contribution is 0.573. The SMILES string of the molecule is [B]C1([B])CCC([B])([B])c2c1ccnc2-c1ccccc1. The van der Waals surface area contributed by atoms with Crippen LogP contribution in [0, 0.1) is 0 Å². The van der Waals surface area contributed by atoms with Crippen LogP contribution in [-0.2, 0) is 10.4 Å². The molecule has 0 unspecified atom stereocenters. The van der Waals surface area contributed by atoms with Gasteiger partial charge in [0.05, 0.1) is 37.1 Å². The summed E-state index contributed by atoms with van der Waals surface area (Å²) >= 11 is 0. The number of aromatic nitrogens is 1. The topological polar surface area (TPSA) is 12.9 Å². The molecule has 8 radical (unpaired) electrons. The summed E-state index contributed by atoms with van der Waals surface area (Å²) in [6.45, 7) is 0. The van der Waals surface area contributed by atoms with E-state index < -0.39 is 10.4 Å². The molecule has 1 aromatic heterocycles. The molecule has 1 nitrogen and oxygen atoms in total. The molecule has 1 aliphatic carbocycles. The normalized spacial score (nSPS) is 19.2. The molecule has 0 saturated heterocycles. The van der Waals surface area contributed by atoms with E-state index >= 15 is 0 Å². The Kier molecular flexibility index (Phi) is 3.12. The van der Waals surface area contributed by atoms with Crippen LogP contribution in [0.1, 0.15) is 24.0 Å². The first-order valence-corrected chi connectivity index (χ1v) is 6.63. The van der Waals surface area contributed by atoms with E-state index in [1.54, 1.807) is 6.20 Å². The van der Waals surface area contributed by atoms with Crippen LogP contribution in [0.15, 0.2) is 42.6 Å². The number of hydrogen-bond donors (Lipinski definition) is 0. The highest BCUT2D eigenvalue weighted by molar-refractivity contribution is 6.44.